The first-order valence-corrected chi connectivity index (χ1v) is 18.3. The second kappa shape index (κ2) is 14.2. The van der Waals surface area contributed by atoms with Crippen LogP contribution in [0.15, 0.2) is 24.3 Å². The first kappa shape index (κ1) is 35.9. The number of hydrogen-bond donors (Lipinski definition) is 6. The summed E-state index contributed by atoms with van der Waals surface area (Å²) in [7, 11) is -7.84. The third-order valence-electron chi connectivity index (χ3n) is 8.11. The summed E-state index contributed by atoms with van der Waals surface area (Å²) in [5.74, 6) is -1.47. The number of aliphatic hydroxyl groups is 2. The van der Waals surface area contributed by atoms with Crippen molar-refractivity contribution < 1.29 is 62.3 Å². The zero-order chi connectivity index (χ0) is 35.0. The fourth-order valence-electron chi connectivity index (χ4n) is 5.61. The van der Waals surface area contributed by atoms with Gasteiger partial charge in [-0.1, -0.05) is 11.6 Å². The molecule has 7 N–H and O–H groups in total. The molecule has 2 aliphatic rings. The van der Waals surface area contributed by atoms with Gasteiger partial charge in [-0.25, -0.2) is 19.7 Å². The maximum absolute atomic E-state index is 12.7. The zero-order valence-electron chi connectivity index (χ0n) is 26.3. The minimum absolute atomic E-state index is 0.0616. The second-order valence-electron chi connectivity index (χ2n) is 11.4. The number of cyclic esters (lactones) is 1. The lowest BCUT2D eigenvalue weighted by atomic mass is 9.94. The van der Waals surface area contributed by atoms with Gasteiger partial charge in [0.25, 0.3) is 0 Å². The molecule has 4 heterocycles. The van der Waals surface area contributed by atoms with E-state index in [0.29, 0.717) is 28.9 Å². The molecule has 0 bridgehead atoms. The number of anilines is 1. The van der Waals surface area contributed by atoms with Crippen LogP contribution in [0.2, 0.25) is 0 Å². The number of methoxy groups -OCH3 is 1. The summed E-state index contributed by atoms with van der Waals surface area (Å²) in [5, 5.41) is 31.8. The highest BCUT2D eigenvalue weighted by atomic mass is 31.2. The molecule has 20 heteroatoms. The van der Waals surface area contributed by atoms with Gasteiger partial charge in [-0.2, -0.15) is 0 Å². The summed E-state index contributed by atoms with van der Waals surface area (Å²) in [6.07, 6.45) is -0.298. The highest BCUT2D eigenvalue weighted by Gasteiger charge is 2.46. The van der Waals surface area contributed by atoms with E-state index < -0.39 is 58.2 Å². The number of nitrogens with two attached hydrogens (primary N) is 1. The first-order valence-electron chi connectivity index (χ1n) is 14.8. The number of allylic oxidation sites excluding steroid dienone is 2. The number of aliphatic hydroxyl groups excluding tert-OH is 2. The van der Waals surface area contributed by atoms with E-state index in [2.05, 4.69) is 15.0 Å². The van der Waals surface area contributed by atoms with E-state index >= 15 is 0 Å². The van der Waals surface area contributed by atoms with Crippen molar-refractivity contribution in [3.05, 3.63) is 46.6 Å². The van der Waals surface area contributed by atoms with Crippen LogP contribution < -0.4 is 10.5 Å². The Morgan fingerprint density at radius 3 is 2.62 bits per heavy atom. The first-order chi connectivity index (χ1) is 22.6. The number of ether oxygens (including phenoxy) is 3. The molecule has 0 saturated carbocycles. The molecule has 48 heavy (non-hydrogen) atoms. The van der Waals surface area contributed by atoms with Crippen molar-refractivity contribution >= 4 is 38.1 Å². The van der Waals surface area contributed by atoms with E-state index in [4.69, 9.17) is 29.0 Å². The Labute approximate surface area is 274 Å². The lowest BCUT2D eigenvalue weighted by Gasteiger charge is -2.19. The van der Waals surface area contributed by atoms with Crippen molar-refractivity contribution in [2.75, 3.05) is 32.0 Å². The number of phenolic OH excluding ortho intramolecular Hbond substituents is 1. The Morgan fingerprint density at radius 1 is 1.17 bits per heavy atom. The van der Waals surface area contributed by atoms with E-state index in [1.54, 1.807) is 6.92 Å². The van der Waals surface area contributed by atoms with E-state index in [0.717, 1.165) is 5.57 Å². The van der Waals surface area contributed by atoms with Gasteiger partial charge in [-0.05, 0) is 38.7 Å². The number of nitrogens with zero attached hydrogens (tertiary/aromatic N) is 4. The summed E-state index contributed by atoms with van der Waals surface area (Å²) in [6, 6.07) is 0. The fourth-order valence-corrected chi connectivity index (χ4v) is 8.87. The minimum atomic E-state index is -4.72. The van der Waals surface area contributed by atoms with E-state index in [9.17, 15) is 39.0 Å². The molecular weight excluding hydrogens is 676 g/mol. The van der Waals surface area contributed by atoms with Gasteiger partial charge < -0.3 is 54.1 Å². The predicted molar refractivity (Wildman–Crippen MR) is 167 cm³/mol. The number of imidazole rings is 1. The zero-order valence-corrected chi connectivity index (χ0v) is 28.0. The molecule has 0 spiro atoms. The van der Waals surface area contributed by atoms with Crippen LogP contribution in [-0.2, 0) is 40.7 Å². The molecule has 0 radical (unpaired) electrons. The van der Waals surface area contributed by atoms with E-state index in [1.807, 2.05) is 13.0 Å². The molecule has 6 atom stereocenters. The molecule has 3 aromatic rings. The van der Waals surface area contributed by atoms with Crippen molar-refractivity contribution in [2.24, 2.45) is 0 Å². The van der Waals surface area contributed by atoms with Crippen molar-refractivity contribution in [1.29, 1.82) is 0 Å². The summed E-state index contributed by atoms with van der Waals surface area (Å²) >= 11 is 0. The van der Waals surface area contributed by atoms with Crippen LogP contribution in [-0.4, -0.2) is 95.1 Å². The van der Waals surface area contributed by atoms with Gasteiger partial charge in [0.2, 0.25) is 0 Å². The number of aromatic nitrogens is 4. The molecule has 2 aliphatic heterocycles. The number of hydrogen-bond acceptors (Lipinski definition) is 15. The number of aromatic hydroxyl groups is 1. The van der Waals surface area contributed by atoms with Crippen molar-refractivity contribution in [1.82, 2.24) is 19.5 Å². The standard InChI is InChI=1S/C28H37N5O13P2/c1-14(6-7-16-21(34)19-17(9-43-28(19)37)15(2)24(16)42-3)5-4-8-44-47(38,39)13-48(40,41)45-10-18-22(35)23(36)27(46-18)33-12-32-20-25(29)30-11-31-26(20)33/h6,11-12,18,22-23,27,34-36H,4-5,7-10,13H2,1-3H3,(H,38,39)(H,40,41)(H2,29,30,31)/b14-6+/t18-,22-,23-,27-/m1/s1. The molecule has 2 aromatic heterocycles. The summed E-state index contributed by atoms with van der Waals surface area (Å²) in [5.41, 5.74) is 8.94. The topological polar surface area (TPSA) is 268 Å². The van der Waals surface area contributed by atoms with Gasteiger partial charge in [0.15, 0.2) is 23.6 Å². The highest BCUT2D eigenvalue weighted by Crippen LogP contribution is 2.58. The van der Waals surface area contributed by atoms with Gasteiger partial charge in [-0.3, -0.25) is 13.7 Å². The number of nitrogen functional groups attached to an aromatic ring is 1. The Hall–Kier alpha value is -3.44. The monoisotopic (exact) mass is 713 g/mol. The van der Waals surface area contributed by atoms with Crippen LogP contribution in [0.1, 0.15) is 53.0 Å². The maximum atomic E-state index is 12.7. The number of esters is 1. The Bertz CT molecular complexity index is 1830. The smallest absolute Gasteiger partial charge is 0.342 e. The molecule has 1 fully saturated rings. The molecule has 2 unspecified atom stereocenters. The lowest BCUT2D eigenvalue weighted by molar-refractivity contribution is -0.0483. The lowest BCUT2D eigenvalue weighted by Crippen LogP contribution is -2.33. The third kappa shape index (κ3) is 7.42. The number of carbonyl (C=O) groups is 1. The fraction of sp³-hybridized carbons (Fsp3) is 0.500. The van der Waals surface area contributed by atoms with Gasteiger partial charge >= 0.3 is 21.2 Å². The molecule has 18 nitrogen and oxygen atoms in total. The van der Waals surface area contributed by atoms with Crippen LogP contribution in [0.25, 0.3) is 11.2 Å². The van der Waals surface area contributed by atoms with Gasteiger partial charge in [0.05, 0.1) is 26.7 Å². The average Bonchev–Trinajstić information content (AvgIpc) is 3.71. The van der Waals surface area contributed by atoms with Crippen LogP contribution in [0.4, 0.5) is 5.82 Å². The summed E-state index contributed by atoms with van der Waals surface area (Å²) < 4.78 is 52.8. The predicted octanol–water partition coefficient (Wildman–Crippen LogP) is 2.05. The van der Waals surface area contributed by atoms with E-state index in [-0.39, 0.29) is 54.4 Å². The Balaban J connectivity index is 1.10. The molecule has 262 valence electrons. The average molecular weight is 714 g/mol. The molecule has 0 aliphatic carbocycles. The number of rotatable bonds is 14. The largest absolute Gasteiger partial charge is 0.507 e. The van der Waals surface area contributed by atoms with Crippen LogP contribution in [0, 0.1) is 6.92 Å². The molecule has 5 rings (SSSR count). The maximum Gasteiger partial charge on any atom is 0.342 e. The Morgan fingerprint density at radius 2 is 1.90 bits per heavy atom. The van der Waals surface area contributed by atoms with Crippen molar-refractivity contribution in [3.8, 4) is 11.5 Å². The minimum Gasteiger partial charge on any atom is -0.507 e. The van der Waals surface area contributed by atoms with Gasteiger partial charge in [0.1, 0.15) is 53.8 Å². The summed E-state index contributed by atoms with van der Waals surface area (Å²) in [4.78, 5) is 44.6. The van der Waals surface area contributed by atoms with Gasteiger partial charge in [0, 0.05) is 11.1 Å². The van der Waals surface area contributed by atoms with Crippen molar-refractivity contribution in [3.63, 3.8) is 0 Å². The van der Waals surface area contributed by atoms with Crippen LogP contribution in [0.5, 0.6) is 11.5 Å². The van der Waals surface area contributed by atoms with Crippen LogP contribution >= 0.6 is 15.2 Å². The van der Waals surface area contributed by atoms with Gasteiger partial charge in [-0.15, -0.1) is 0 Å². The number of carbonyl (C=O) groups excluding carboxylic acids is 1. The number of phenols is 1. The molecule has 0 amide bonds. The second-order valence-corrected chi connectivity index (χ2v) is 15.6. The van der Waals surface area contributed by atoms with Crippen molar-refractivity contribution in [2.45, 2.75) is 64.3 Å². The molecule has 1 saturated heterocycles. The normalized spacial score (nSPS) is 23.6. The molecular formula is C28H37N5O13P2. The quantitative estimate of drug-likeness (QED) is 0.0604. The number of benzene rings is 1. The third-order valence-corrected chi connectivity index (χ3v) is 12.1. The SMILES string of the molecule is COc1c(C)c2c(c(O)c1C/C=C(\C)CCCOP(=O)(O)CP(=O)(O)OC[C@H]1O[C@@H](n3cnc4c(N)ncnc43)[C@H](O)[C@@H]1O)C(=O)OC2. The number of fused-ring (bicyclic) bond motifs is 2. The summed E-state index contributed by atoms with van der Waals surface area (Å²) in [6.45, 7) is 2.74. The van der Waals surface area contributed by atoms with Crippen LogP contribution in [0.3, 0.4) is 0 Å². The highest BCUT2D eigenvalue weighted by molar-refractivity contribution is 7.70. The van der Waals surface area contributed by atoms with E-state index in [1.165, 1.54) is 24.3 Å². The Kier molecular flexibility index (Phi) is 10.6. The molecule has 1 aromatic carbocycles.